The maximum atomic E-state index is 13.9. The fourth-order valence-corrected chi connectivity index (χ4v) is 3.33. The van der Waals surface area contributed by atoms with Gasteiger partial charge in [0.05, 0.1) is 11.4 Å². The Morgan fingerprint density at radius 3 is 2.75 bits per heavy atom. The van der Waals surface area contributed by atoms with E-state index in [0.29, 0.717) is 17.9 Å². The highest BCUT2D eigenvalue weighted by atomic mass is 19.1. The monoisotopic (exact) mass is 327 g/mol. The van der Waals surface area contributed by atoms with Crippen molar-refractivity contribution in [3.63, 3.8) is 0 Å². The molecule has 1 atom stereocenters. The number of hydrogen-bond donors (Lipinski definition) is 0. The number of halogens is 1. The van der Waals surface area contributed by atoms with Crippen LogP contribution in [0.25, 0.3) is 0 Å². The maximum Gasteiger partial charge on any atom is 0.219 e. The molecule has 0 saturated carbocycles. The van der Waals surface area contributed by atoms with Gasteiger partial charge >= 0.3 is 0 Å². The number of hydrogen-bond acceptors (Lipinski definition) is 3. The van der Waals surface area contributed by atoms with Crippen LogP contribution in [0.15, 0.2) is 36.7 Å². The van der Waals surface area contributed by atoms with Crippen molar-refractivity contribution < 1.29 is 9.18 Å². The van der Waals surface area contributed by atoms with Crippen molar-refractivity contribution >= 4 is 5.91 Å². The lowest BCUT2D eigenvalue weighted by atomic mass is 9.92. The zero-order valence-corrected chi connectivity index (χ0v) is 13.9. The van der Waals surface area contributed by atoms with Crippen molar-refractivity contribution in [2.45, 2.75) is 32.6 Å². The number of amides is 1. The largest absolute Gasteiger partial charge is 0.343 e. The molecule has 1 fully saturated rings. The molecular weight excluding hydrogens is 305 g/mol. The Morgan fingerprint density at radius 1 is 1.25 bits per heavy atom. The van der Waals surface area contributed by atoms with E-state index in [-0.39, 0.29) is 11.7 Å². The third kappa shape index (κ3) is 3.96. The van der Waals surface area contributed by atoms with Crippen LogP contribution in [-0.4, -0.2) is 33.9 Å². The number of piperidine rings is 1. The SMILES string of the molecule is CC(=O)N1CCC[C@H](Cc2nccnc2Cc2ccccc2F)C1. The summed E-state index contributed by atoms with van der Waals surface area (Å²) in [5, 5.41) is 0. The molecule has 3 rings (SSSR count). The summed E-state index contributed by atoms with van der Waals surface area (Å²) in [4.78, 5) is 22.4. The third-order valence-electron chi connectivity index (χ3n) is 4.62. The Hall–Kier alpha value is -2.30. The van der Waals surface area contributed by atoms with Gasteiger partial charge in [-0.05, 0) is 36.8 Å². The van der Waals surface area contributed by atoms with Crippen LogP contribution in [-0.2, 0) is 17.6 Å². The molecule has 0 aliphatic carbocycles. The van der Waals surface area contributed by atoms with Crippen molar-refractivity contribution in [1.29, 1.82) is 0 Å². The molecule has 0 radical (unpaired) electrons. The minimum Gasteiger partial charge on any atom is -0.343 e. The summed E-state index contributed by atoms with van der Waals surface area (Å²) >= 11 is 0. The molecule has 2 heterocycles. The molecule has 1 aromatic carbocycles. The first-order chi connectivity index (χ1) is 11.6. The van der Waals surface area contributed by atoms with Crippen molar-refractivity contribution in [3.8, 4) is 0 Å². The number of benzene rings is 1. The van der Waals surface area contributed by atoms with Crippen molar-refractivity contribution in [1.82, 2.24) is 14.9 Å². The highest BCUT2D eigenvalue weighted by Gasteiger charge is 2.23. The molecule has 1 amide bonds. The average molecular weight is 327 g/mol. The summed E-state index contributed by atoms with van der Waals surface area (Å²) in [5.74, 6) is 0.304. The van der Waals surface area contributed by atoms with Gasteiger partial charge in [-0.15, -0.1) is 0 Å². The zero-order chi connectivity index (χ0) is 16.9. The standard InChI is InChI=1S/C19H22FN3O/c1-14(24)23-10-4-5-15(13-23)11-18-19(22-9-8-21-18)12-16-6-2-3-7-17(16)20/h2-3,6-9,15H,4-5,10-13H2,1H3/t15-/m1/s1. The van der Waals surface area contributed by atoms with Gasteiger partial charge in [0.1, 0.15) is 5.82 Å². The third-order valence-corrected chi connectivity index (χ3v) is 4.62. The molecule has 24 heavy (non-hydrogen) atoms. The normalized spacial score (nSPS) is 17.8. The van der Waals surface area contributed by atoms with Crippen molar-refractivity contribution in [3.05, 3.63) is 59.4 Å². The molecule has 0 N–H and O–H groups in total. The maximum absolute atomic E-state index is 13.9. The van der Waals surface area contributed by atoms with Crippen molar-refractivity contribution in [2.75, 3.05) is 13.1 Å². The van der Waals surface area contributed by atoms with E-state index in [2.05, 4.69) is 9.97 Å². The lowest BCUT2D eigenvalue weighted by Gasteiger charge is -2.32. The molecule has 0 unspecified atom stereocenters. The van der Waals surface area contributed by atoms with Gasteiger partial charge in [-0.3, -0.25) is 14.8 Å². The van der Waals surface area contributed by atoms with Gasteiger partial charge in [0.2, 0.25) is 5.91 Å². The number of aromatic nitrogens is 2. The summed E-state index contributed by atoms with van der Waals surface area (Å²) in [7, 11) is 0. The Kier molecular flexibility index (Phi) is 5.18. The van der Waals surface area contributed by atoms with Gasteiger partial charge in [0.15, 0.2) is 0 Å². The molecule has 2 aromatic rings. The average Bonchev–Trinajstić information content (AvgIpc) is 2.59. The predicted molar refractivity (Wildman–Crippen MR) is 89.9 cm³/mol. The van der Waals surface area contributed by atoms with Crippen LogP contribution in [0.4, 0.5) is 4.39 Å². The van der Waals surface area contributed by atoms with Gasteiger partial charge in [-0.1, -0.05) is 18.2 Å². The molecule has 4 nitrogen and oxygen atoms in total. The van der Waals surface area contributed by atoms with Crippen LogP contribution in [0.2, 0.25) is 0 Å². The second-order valence-electron chi connectivity index (χ2n) is 6.40. The molecule has 126 valence electrons. The Bertz CT molecular complexity index is 719. The second kappa shape index (κ2) is 7.51. The fourth-order valence-electron chi connectivity index (χ4n) is 3.33. The van der Waals surface area contributed by atoms with E-state index in [0.717, 1.165) is 43.7 Å². The smallest absolute Gasteiger partial charge is 0.219 e. The van der Waals surface area contributed by atoms with Gasteiger partial charge in [0, 0.05) is 38.8 Å². The van der Waals surface area contributed by atoms with Crippen LogP contribution >= 0.6 is 0 Å². The lowest BCUT2D eigenvalue weighted by molar-refractivity contribution is -0.130. The van der Waals surface area contributed by atoms with E-state index in [4.69, 9.17) is 0 Å². The summed E-state index contributed by atoms with van der Waals surface area (Å²) in [6.45, 7) is 3.23. The number of rotatable bonds is 4. The van der Waals surface area contributed by atoms with E-state index in [1.807, 2.05) is 11.0 Å². The quantitative estimate of drug-likeness (QED) is 0.867. The van der Waals surface area contributed by atoms with E-state index >= 15 is 0 Å². The molecule has 1 aliphatic rings. The van der Waals surface area contributed by atoms with Crippen LogP contribution < -0.4 is 0 Å². The predicted octanol–water partition coefficient (Wildman–Crippen LogP) is 3.01. The van der Waals surface area contributed by atoms with Crippen LogP contribution in [0.5, 0.6) is 0 Å². The van der Waals surface area contributed by atoms with E-state index in [9.17, 15) is 9.18 Å². The van der Waals surface area contributed by atoms with Gasteiger partial charge in [-0.2, -0.15) is 0 Å². The molecule has 1 aromatic heterocycles. The molecule has 0 bridgehead atoms. The molecule has 1 aliphatic heterocycles. The molecular formula is C19H22FN3O. The van der Waals surface area contributed by atoms with Crippen LogP contribution in [0.3, 0.4) is 0 Å². The second-order valence-corrected chi connectivity index (χ2v) is 6.40. The van der Waals surface area contributed by atoms with E-state index in [1.165, 1.54) is 6.07 Å². The van der Waals surface area contributed by atoms with Gasteiger partial charge < -0.3 is 4.90 Å². The summed E-state index contributed by atoms with van der Waals surface area (Å²) in [6, 6.07) is 6.78. The Labute approximate surface area is 141 Å². The summed E-state index contributed by atoms with van der Waals surface area (Å²) < 4.78 is 13.9. The minimum atomic E-state index is -0.213. The molecule has 1 saturated heterocycles. The fraction of sp³-hybridized carbons (Fsp3) is 0.421. The summed E-state index contributed by atoms with van der Waals surface area (Å²) in [6.07, 6.45) is 6.67. The minimum absolute atomic E-state index is 0.130. The number of carbonyl (C=O) groups is 1. The zero-order valence-electron chi connectivity index (χ0n) is 13.9. The molecule has 5 heteroatoms. The number of likely N-dealkylation sites (tertiary alicyclic amines) is 1. The van der Waals surface area contributed by atoms with E-state index in [1.54, 1.807) is 31.5 Å². The first-order valence-corrected chi connectivity index (χ1v) is 8.41. The Morgan fingerprint density at radius 2 is 2.00 bits per heavy atom. The van der Waals surface area contributed by atoms with Crippen molar-refractivity contribution in [2.24, 2.45) is 5.92 Å². The van der Waals surface area contributed by atoms with Crippen LogP contribution in [0, 0.1) is 11.7 Å². The number of carbonyl (C=O) groups excluding carboxylic acids is 1. The topological polar surface area (TPSA) is 46.1 Å². The lowest BCUT2D eigenvalue weighted by Crippen LogP contribution is -2.39. The first kappa shape index (κ1) is 16.6. The highest BCUT2D eigenvalue weighted by molar-refractivity contribution is 5.73. The van der Waals surface area contributed by atoms with Crippen LogP contribution in [0.1, 0.15) is 36.7 Å². The van der Waals surface area contributed by atoms with E-state index < -0.39 is 0 Å². The van der Waals surface area contributed by atoms with Gasteiger partial charge in [0.25, 0.3) is 0 Å². The first-order valence-electron chi connectivity index (χ1n) is 8.41. The number of nitrogens with zero attached hydrogens (tertiary/aromatic N) is 3. The Balaban J connectivity index is 1.75. The summed E-state index contributed by atoms with van der Waals surface area (Å²) in [5.41, 5.74) is 2.37. The highest BCUT2D eigenvalue weighted by Crippen LogP contribution is 2.22. The molecule has 0 spiro atoms. The van der Waals surface area contributed by atoms with Gasteiger partial charge in [-0.25, -0.2) is 4.39 Å².